The Bertz CT molecular complexity index is 774. The van der Waals surface area contributed by atoms with Crippen LogP contribution in [0.3, 0.4) is 0 Å². The van der Waals surface area contributed by atoms with Crippen LogP contribution in [-0.4, -0.2) is 10.7 Å². The van der Waals surface area contributed by atoms with E-state index in [0.717, 1.165) is 55.7 Å². The summed E-state index contributed by atoms with van der Waals surface area (Å²) in [6.45, 7) is 0. The van der Waals surface area contributed by atoms with Crippen molar-refractivity contribution in [2.24, 2.45) is 0 Å². The molecular formula is C20H21ClF2N2S. The fourth-order valence-corrected chi connectivity index (χ4v) is 3.96. The summed E-state index contributed by atoms with van der Waals surface area (Å²) < 4.78 is 26.4. The molecule has 0 bridgehead atoms. The lowest BCUT2D eigenvalue weighted by Gasteiger charge is -2.32. The van der Waals surface area contributed by atoms with Gasteiger partial charge in [-0.1, -0.05) is 36.6 Å². The summed E-state index contributed by atoms with van der Waals surface area (Å²) in [7, 11) is 0. The van der Waals surface area contributed by atoms with Crippen LogP contribution < -0.4 is 10.6 Å². The van der Waals surface area contributed by atoms with Crippen molar-refractivity contribution in [2.45, 2.75) is 44.1 Å². The number of halogens is 3. The molecule has 0 atom stereocenters. The molecule has 1 fully saturated rings. The zero-order valence-electron chi connectivity index (χ0n) is 14.3. The topological polar surface area (TPSA) is 24.1 Å². The lowest BCUT2D eigenvalue weighted by atomic mass is 9.89. The summed E-state index contributed by atoms with van der Waals surface area (Å²) in [6, 6.07) is 11.6. The van der Waals surface area contributed by atoms with E-state index in [1.165, 1.54) is 11.6 Å². The van der Waals surface area contributed by atoms with E-state index in [4.69, 9.17) is 23.8 Å². The second-order valence-electron chi connectivity index (χ2n) is 6.82. The maximum absolute atomic E-state index is 13.4. The van der Waals surface area contributed by atoms with Gasteiger partial charge in [0.1, 0.15) is 0 Å². The molecular weight excluding hydrogens is 374 g/mol. The molecule has 1 aliphatic carbocycles. The van der Waals surface area contributed by atoms with Crippen molar-refractivity contribution >= 4 is 34.6 Å². The molecule has 0 radical (unpaired) electrons. The molecule has 0 aromatic heterocycles. The molecule has 0 unspecified atom stereocenters. The van der Waals surface area contributed by atoms with Crippen molar-refractivity contribution in [3.05, 3.63) is 64.7 Å². The average Bonchev–Trinajstić information content (AvgIpc) is 3.06. The molecule has 0 heterocycles. The first-order chi connectivity index (χ1) is 12.5. The highest BCUT2D eigenvalue weighted by Gasteiger charge is 2.34. The maximum Gasteiger partial charge on any atom is 0.171 e. The van der Waals surface area contributed by atoms with Gasteiger partial charge in [-0.25, -0.2) is 8.78 Å². The van der Waals surface area contributed by atoms with Crippen LogP contribution in [-0.2, 0) is 6.42 Å². The van der Waals surface area contributed by atoms with Gasteiger partial charge < -0.3 is 10.6 Å². The monoisotopic (exact) mass is 394 g/mol. The van der Waals surface area contributed by atoms with Crippen LogP contribution in [0, 0.1) is 11.6 Å². The largest absolute Gasteiger partial charge is 0.357 e. The van der Waals surface area contributed by atoms with Gasteiger partial charge in [0.15, 0.2) is 16.7 Å². The SMILES string of the molecule is Fc1ccc(NC(=S)NC2(CCc3ccc(Cl)cc3)CCCC2)cc1F. The van der Waals surface area contributed by atoms with Gasteiger partial charge in [-0.05, 0) is 67.7 Å². The number of anilines is 1. The molecule has 1 saturated carbocycles. The summed E-state index contributed by atoms with van der Waals surface area (Å²) >= 11 is 11.4. The van der Waals surface area contributed by atoms with E-state index in [2.05, 4.69) is 10.6 Å². The number of nitrogens with one attached hydrogen (secondary N) is 2. The highest BCUT2D eigenvalue weighted by atomic mass is 35.5. The Hall–Kier alpha value is -1.72. The average molecular weight is 395 g/mol. The number of benzene rings is 2. The summed E-state index contributed by atoms with van der Waals surface area (Å²) in [4.78, 5) is 0. The molecule has 6 heteroatoms. The molecule has 0 aliphatic heterocycles. The van der Waals surface area contributed by atoms with Gasteiger partial charge in [-0.3, -0.25) is 0 Å². The zero-order chi connectivity index (χ0) is 18.6. The van der Waals surface area contributed by atoms with Crippen molar-refractivity contribution < 1.29 is 8.78 Å². The van der Waals surface area contributed by atoms with Crippen molar-refractivity contribution in [3.63, 3.8) is 0 Å². The Balaban J connectivity index is 1.62. The second kappa shape index (κ2) is 8.31. The van der Waals surface area contributed by atoms with Crippen LogP contribution >= 0.6 is 23.8 Å². The second-order valence-corrected chi connectivity index (χ2v) is 7.67. The Morgan fingerprint density at radius 1 is 1.04 bits per heavy atom. The molecule has 3 rings (SSSR count). The van der Waals surface area contributed by atoms with Crippen LogP contribution in [0.1, 0.15) is 37.7 Å². The third-order valence-corrected chi connectivity index (χ3v) is 5.38. The van der Waals surface area contributed by atoms with Gasteiger partial charge in [-0.2, -0.15) is 0 Å². The van der Waals surface area contributed by atoms with Gasteiger partial charge in [0.2, 0.25) is 0 Å². The fourth-order valence-electron chi connectivity index (χ4n) is 3.50. The Kier molecular flexibility index (Phi) is 6.09. The Morgan fingerprint density at radius 2 is 1.73 bits per heavy atom. The fraction of sp³-hybridized carbons (Fsp3) is 0.350. The summed E-state index contributed by atoms with van der Waals surface area (Å²) in [5.74, 6) is -1.76. The molecule has 138 valence electrons. The summed E-state index contributed by atoms with van der Waals surface area (Å²) in [6.07, 6.45) is 6.27. The third kappa shape index (κ3) is 4.92. The molecule has 2 aromatic carbocycles. The first-order valence-corrected chi connectivity index (χ1v) is 9.53. The van der Waals surface area contributed by atoms with Crippen LogP contribution in [0.15, 0.2) is 42.5 Å². The van der Waals surface area contributed by atoms with Crippen molar-refractivity contribution in [3.8, 4) is 0 Å². The first kappa shape index (κ1) is 19.1. The predicted octanol–water partition coefficient (Wildman–Crippen LogP) is 5.85. The molecule has 0 spiro atoms. The van der Waals surface area contributed by atoms with E-state index >= 15 is 0 Å². The van der Waals surface area contributed by atoms with Crippen LogP contribution in [0.5, 0.6) is 0 Å². The molecule has 0 saturated heterocycles. The van der Waals surface area contributed by atoms with Crippen molar-refractivity contribution in [1.82, 2.24) is 5.32 Å². The van der Waals surface area contributed by atoms with Gasteiger partial charge in [0.25, 0.3) is 0 Å². The van der Waals surface area contributed by atoms with E-state index in [0.29, 0.717) is 10.8 Å². The number of hydrogen-bond donors (Lipinski definition) is 2. The zero-order valence-corrected chi connectivity index (χ0v) is 15.9. The molecule has 0 amide bonds. The highest BCUT2D eigenvalue weighted by molar-refractivity contribution is 7.80. The van der Waals surface area contributed by atoms with Gasteiger partial charge >= 0.3 is 0 Å². The Labute approximate surface area is 162 Å². The van der Waals surface area contributed by atoms with Gasteiger partial charge in [-0.15, -0.1) is 0 Å². The number of rotatable bonds is 5. The Morgan fingerprint density at radius 3 is 2.38 bits per heavy atom. The maximum atomic E-state index is 13.4. The minimum Gasteiger partial charge on any atom is -0.357 e. The smallest absolute Gasteiger partial charge is 0.171 e. The minimum absolute atomic E-state index is 0.0672. The van der Waals surface area contributed by atoms with Crippen molar-refractivity contribution in [2.75, 3.05) is 5.32 Å². The van der Waals surface area contributed by atoms with Crippen LogP contribution in [0.25, 0.3) is 0 Å². The normalized spacial score (nSPS) is 15.7. The standard InChI is InChI=1S/C20H21ClF2N2S/c21-15-5-3-14(4-6-15)9-12-20(10-1-2-11-20)25-19(26)24-16-7-8-17(22)18(23)13-16/h3-8,13H,1-2,9-12H2,(H2,24,25,26). The summed E-state index contributed by atoms with van der Waals surface area (Å²) in [5.41, 5.74) is 1.61. The lowest BCUT2D eigenvalue weighted by molar-refractivity contribution is 0.362. The molecule has 2 aromatic rings. The summed E-state index contributed by atoms with van der Waals surface area (Å²) in [5, 5.41) is 7.57. The molecule has 1 aliphatic rings. The quantitative estimate of drug-likeness (QED) is 0.622. The molecule has 2 N–H and O–H groups in total. The number of thiocarbonyl (C=S) groups is 1. The van der Waals surface area contributed by atoms with E-state index in [1.54, 1.807) is 0 Å². The first-order valence-electron chi connectivity index (χ1n) is 8.74. The third-order valence-electron chi connectivity index (χ3n) is 4.92. The molecule has 26 heavy (non-hydrogen) atoms. The van der Waals surface area contributed by atoms with E-state index in [9.17, 15) is 8.78 Å². The van der Waals surface area contributed by atoms with Crippen molar-refractivity contribution in [1.29, 1.82) is 0 Å². The number of hydrogen-bond acceptors (Lipinski definition) is 1. The van der Waals surface area contributed by atoms with Gasteiger partial charge in [0, 0.05) is 22.3 Å². The van der Waals surface area contributed by atoms with Crippen LogP contribution in [0.4, 0.5) is 14.5 Å². The number of aryl methyl sites for hydroxylation is 1. The van der Waals surface area contributed by atoms with Gasteiger partial charge in [0.05, 0.1) is 0 Å². The predicted molar refractivity (Wildman–Crippen MR) is 107 cm³/mol. The van der Waals surface area contributed by atoms with E-state index in [1.807, 2.05) is 24.3 Å². The minimum atomic E-state index is -0.892. The highest BCUT2D eigenvalue weighted by Crippen LogP contribution is 2.34. The van der Waals surface area contributed by atoms with E-state index in [-0.39, 0.29) is 5.54 Å². The van der Waals surface area contributed by atoms with Crippen LogP contribution in [0.2, 0.25) is 5.02 Å². The lowest BCUT2D eigenvalue weighted by Crippen LogP contribution is -2.48. The van der Waals surface area contributed by atoms with E-state index < -0.39 is 11.6 Å². The molecule has 2 nitrogen and oxygen atoms in total.